The Balaban J connectivity index is 1.63. The standard InChI is InChI=1S/C35H39N3O5S/c1-3-4-25-36-35(40)28(2)37(26-24-29-14-8-5-9-15-29)34(39)27-38(44(41,42)33-18-12-7-13-19-33)30-20-22-32(23-21-30)43-31-16-10-6-11-17-31/h5-23,28H,3-4,24-27H2,1-2H3,(H,36,40). The number of carbonyl (C=O) groups is 2. The zero-order valence-corrected chi connectivity index (χ0v) is 26.0. The molecular weight excluding hydrogens is 574 g/mol. The summed E-state index contributed by atoms with van der Waals surface area (Å²) in [6.07, 6.45) is 2.26. The van der Waals surface area contributed by atoms with Gasteiger partial charge in [-0.3, -0.25) is 13.9 Å². The van der Waals surface area contributed by atoms with Crippen molar-refractivity contribution in [2.24, 2.45) is 0 Å². The minimum Gasteiger partial charge on any atom is -0.457 e. The lowest BCUT2D eigenvalue weighted by atomic mass is 10.1. The molecule has 0 fully saturated rings. The lowest BCUT2D eigenvalue weighted by Gasteiger charge is -2.32. The Kier molecular flexibility index (Phi) is 11.5. The molecule has 4 aromatic rings. The second-order valence-corrected chi connectivity index (χ2v) is 12.2. The molecule has 4 aromatic carbocycles. The number of hydrogen-bond acceptors (Lipinski definition) is 5. The first-order valence-corrected chi connectivity index (χ1v) is 16.3. The molecule has 0 radical (unpaired) electrons. The highest BCUT2D eigenvalue weighted by molar-refractivity contribution is 7.92. The second kappa shape index (κ2) is 15.7. The summed E-state index contributed by atoms with van der Waals surface area (Å²) in [7, 11) is -4.14. The van der Waals surface area contributed by atoms with Crippen molar-refractivity contribution in [1.29, 1.82) is 0 Å². The van der Waals surface area contributed by atoms with Crippen molar-refractivity contribution in [2.75, 3.05) is 23.9 Å². The monoisotopic (exact) mass is 613 g/mol. The number of nitrogens with one attached hydrogen (secondary N) is 1. The van der Waals surface area contributed by atoms with Gasteiger partial charge in [-0.25, -0.2) is 8.42 Å². The molecule has 2 amide bonds. The van der Waals surface area contributed by atoms with E-state index in [4.69, 9.17) is 4.74 Å². The van der Waals surface area contributed by atoms with Crippen LogP contribution in [0, 0.1) is 0 Å². The van der Waals surface area contributed by atoms with Crippen molar-refractivity contribution >= 4 is 27.5 Å². The molecule has 0 aliphatic rings. The van der Waals surface area contributed by atoms with Gasteiger partial charge in [0.05, 0.1) is 10.6 Å². The Morgan fingerprint density at radius 2 is 1.36 bits per heavy atom. The minimum absolute atomic E-state index is 0.0543. The molecule has 8 nitrogen and oxygen atoms in total. The molecule has 1 unspecified atom stereocenters. The summed E-state index contributed by atoms with van der Waals surface area (Å²) in [5.74, 6) is 0.401. The normalized spacial score (nSPS) is 11.8. The average molecular weight is 614 g/mol. The Hall–Kier alpha value is -4.63. The van der Waals surface area contributed by atoms with Gasteiger partial charge in [-0.05, 0) is 73.9 Å². The molecule has 0 heterocycles. The molecule has 44 heavy (non-hydrogen) atoms. The van der Waals surface area contributed by atoms with Crippen LogP contribution in [0.5, 0.6) is 11.5 Å². The van der Waals surface area contributed by atoms with Crippen LogP contribution in [0.4, 0.5) is 5.69 Å². The van der Waals surface area contributed by atoms with Gasteiger partial charge in [0.15, 0.2) is 0 Å². The van der Waals surface area contributed by atoms with Crippen LogP contribution in [0.25, 0.3) is 0 Å². The maximum Gasteiger partial charge on any atom is 0.264 e. The zero-order valence-electron chi connectivity index (χ0n) is 25.1. The first-order chi connectivity index (χ1) is 21.3. The smallest absolute Gasteiger partial charge is 0.264 e. The topological polar surface area (TPSA) is 96.0 Å². The molecule has 1 N–H and O–H groups in total. The second-order valence-electron chi connectivity index (χ2n) is 10.4. The summed E-state index contributed by atoms with van der Waals surface area (Å²) in [6, 6.07) is 32.7. The Labute approximate surface area is 260 Å². The number of para-hydroxylation sites is 1. The highest BCUT2D eigenvalue weighted by atomic mass is 32.2. The summed E-state index contributed by atoms with van der Waals surface area (Å²) in [4.78, 5) is 28.6. The van der Waals surface area contributed by atoms with Gasteiger partial charge in [-0.1, -0.05) is 80.1 Å². The summed E-state index contributed by atoms with van der Waals surface area (Å²) in [6.45, 7) is 3.97. The van der Waals surface area contributed by atoms with Crippen molar-refractivity contribution < 1.29 is 22.7 Å². The van der Waals surface area contributed by atoms with Gasteiger partial charge in [0, 0.05) is 13.1 Å². The Morgan fingerprint density at radius 3 is 1.98 bits per heavy atom. The SMILES string of the molecule is CCCCNC(=O)C(C)N(CCc1ccccc1)C(=O)CN(c1ccc(Oc2ccccc2)cc1)S(=O)(=O)c1ccccc1. The average Bonchev–Trinajstić information content (AvgIpc) is 3.05. The van der Waals surface area contributed by atoms with E-state index in [1.165, 1.54) is 17.0 Å². The van der Waals surface area contributed by atoms with E-state index in [9.17, 15) is 18.0 Å². The maximum absolute atomic E-state index is 14.0. The van der Waals surface area contributed by atoms with Gasteiger partial charge in [0.2, 0.25) is 11.8 Å². The molecule has 0 aliphatic heterocycles. The van der Waals surface area contributed by atoms with Gasteiger partial charge in [0.1, 0.15) is 24.1 Å². The third-order valence-electron chi connectivity index (χ3n) is 7.19. The summed E-state index contributed by atoms with van der Waals surface area (Å²) in [5, 5.41) is 2.91. The lowest BCUT2D eigenvalue weighted by Crippen LogP contribution is -2.52. The molecular formula is C35H39N3O5S. The van der Waals surface area contributed by atoms with E-state index in [1.54, 1.807) is 49.4 Å². The van der Waals surface area contributed by atoms with Crippen LogP contribution in [0.2, 0.25) is 0 Å². The fourth-order valence-corrected chi connectivity index (χ4v) is 6.09. The number of amides is 2. The Morgan fingerprint density at radius 1 is 0.795 bits per heavy atom. The van der Waals surface area contributed by atoms with Crippen molar-refractivity contribution in [3.05, 3.63) is 121 Å². The molecule has 0 saturated heterocycles. The zero-order chi connectivity index (χ0) is 31.4. The van der Waals surface area contributed by atoms with E-state index in [0.717, 1.165) is 22.7 Å². The quantitative estimate of drug-likeness (QED) is 0.165. The highest BCUT2D eigenvalue weighted by Gasteiger charge is 2.32. The minimum atomic E-state index is -4.14. The van der Waals surface area contributed by atoms with Gasteiger partial charge < -0.3 is 15.0 Å². The number of hydrogen-bond donors (Lipinski definition) is 1. The van der Waals surface area contributed by atoms with Crippen LogP contribution in [0.3, 0.4) is 0 Å². The van der Waals surface area contributed by atoms with Crippen molar-refractivity contribution in [3.63, 3.8) is 0 Å². The summed E-state index contributed by atoms with van der Waals surface area (Å²) in [5.41, 5.74) is 1.30. The van der Waals surface area contributed by atoms with E-state index in [1.807, 2.05) is 67.6 Å². The molecule has 0 aromatic heterocycles. The number of rotatable bonds is 15. The number of ether oxygens (including phenoxy) is 1. The first kappa shape index (κ1) is 32.3. The van der Waals surface area contributed by atoms with Crippen LogP contribution < -0.4 is 14.4 Å². The highest BCUT2D eigenvalue weighted by Crippen LogP contribution is 2.28. The van der Waals surface area contributed by atoms with Crippen LogP contribution in [-0.4, -0.2) is 50.8 Å². The molecule has 0 saturated carbocycles. The maximum atomic E-state index is 14.0. The molecule has 0 bridgehead atoms. The van der Waals surface area contributed by atoms with E-state index in [-0.39, 0.29) is 17.3 Å². The van der Waals surface area contributed by atoms with E-state index < -0.39 is 28.5 Å². The number of carbonyl (C=O) groups excluding carboxylic acids is 2. The van der Waals surface area contributed by atoms with Crippen LogP contribution in [0.1, 0.15) is 32.3 Å². The van der Waals surface area contributed by atoms with Crippen molar-refractivity contribution in [3.8, 4) is 11.5 Å². The number of sulfonamides is 1. The molecule has 230 valence electrons. The molecule has 1 atom stereocenters. The third kappa shape index (κ3) is 8.70. The molecule has 0 spiro atoms. The van der Waals surface area contributed by atoms with Crippen LogP contribution in [0.15, 0.2) is 120 Å². The van der Waals surface area contributed by atoms with Gasteiger partial charge in [-0.2, -0.15) is 0 Å². The van der Waals surface area contributed by atoms with Crippen molar-refractivity contribution in [2.45, 2.75) is 44.0 Å². The number of nitrogens with zero attached hydrogens (tertiary/aromatic N) is 2. The van der Waals surface area contributed by atoms with E-state index in [0.29, 0.717) is 30.2 Å². The van der Waals surface area contributed by atoms with E-state index in [2.05, 4.69) is 5.32 Å². The van der Waals surface area contributed by atoms with Crippen LogP contribution in [-0.2, 0) is 26.0 Å². The molecule has 4 rings (SSSR count). The third-order valence-corrected chi connectivity index (χ3v) is 8.98. The van der Waals surface area contributed by atoms with E-state index >= 15 is 0 Å². The lowest BCUT2D eigenvalue weighted by molar-refractivity contribution is -0.138. The van der Waals surface area contributed by atoms with Gasteiger partial charge >= 0.3 is 0 Å². The van der Waals surface area contributed by atoms with Crippen LogP contribution >= 0.6 is 0 Å². The number of unbranched alkanes of at least 4 members (excludes halogenated alkanes) is 1. The molecule has 9 heteroatoms. The number of anilines is 1. The number of benzene rings is 4. The predicted molar refractivity (Wildman–Crippen MR) is 173 cm³/mol. The van der Waals surface area contributed by atoms with Gasteiger partial charge in [0.25, 0.3) is 10.0 Å². The summed E-state index contributed by atoms with van der Waals surface area (Å²) < 4.78 is 34.9. The fourth-order valence-electron chi connectivity index (χ4n) is 4.66. The summed E-state index contributed by atoms with van der Waals surface area (Å²) >= 11 is 0. The van der Waals surface area contributed by atoms with Crippen molar-refractivity contribution in [1.82, 2.24) is 10.2 Å². The largest absolute Gasteiger partial charge is 0.457 e. The van der Waals surface area contributed by atoms with Gasteiger partial charge in [-0.15, -0.1) is 0 Å². The molecule has 0 aliphatic carbocycles. The Bertz CT molecular complexity index is 1580. The predicted octanol–water partition coefficient (Wildman–Crippen LogP) is 6.05. The first-order valence-electron chi connectivity index (χ1n) is 14.8. The fraction of sp³-hybridized carbons (Fsp3) is 0.257.